The summed E-state index contributed by atoms with van der Waals surface area (Å²) in [5.74, 6) is 0.819. The number of hydrogen-bond acceptors (Lipinski definition) is 4. The van der Waals surface area contributed by atoms with Gasteiger partial charge in [-0.25, -0.2) is 0 Å². The van der Waals surface area contributed by atoms with Crippen molar-refractivity contribution in [2.45, 2.75) is 26.8 Å². The van der Waals surface area contributed by atoms with Crippen molar-refractivity contribution in [1.29, 1.82) is 0 Å². The van der Waals surface area contributed by atoms with Gasteiger partial charge in [-0.05, 0) is 55.5 Å². The molecule has 1 aliphatic heterocycles. The number of benzene rings is 2. The molecule has 1 aliphatic rings. The highest BCUT2D eigenvalue weighted by Crippen LogP contribution is 2.32. The van der Waals surface area contributed by atoms with Crippen molar-refractivity contribution in [2.24, 2.45) is 0 Å². The van der Waals surface area contributed by atoms with Gasteiger partial charge in [-0.3, -0.25) is 4.79 Å². The molecule has 2 aromatic rings. The molecule has 0 spiro atoms. The van der Waals surface area contributed by atoms with Gasteiger partial charge in [0.15, 0.2) is 10.9 Å². The number of likely N-dealkylation sites (N-methyl/N-ethyl adjacent to an activating group) is 1. The molecule has 0 bridgehead atoms. The molecule has 3 rings (SSSR count). The van der Waals surface area contributed by atoms with Crippen molar-refractivity contribution in [1.82, 2.24) is 15.5 Å². The SMILES string of the molecule is CCN(CC)CCOc1ccc(C2NC(=S)NC(c3ccccc3)=C2C(C)=O)cc1. The maximum absolute atomic E-state index is 12.6. The van der Waals surface area contributed by atoms with Gasteiger partial charge in [0.05, 0.1) is 11.7 Å². The lowest BCUT2D eigenvalue weighted by Gasteiger charge is -2.31. The molecule has 30 heavy (non-hydrogen) atoms. The van der Waals surface area contributed by atoms with Crippen LogP contribution in [0, 0.1) is 0 Å². The van der Waals surface area contributed by atoms with E-state index in [0.29, 0.717) is 17.3 Å². The Hall–Kier alpha value is -2.70. The second-order valence-corrected chi connectivity index (χ2v) is 7.59. The molecule has 2 N–H and O–H groups in total. The number of Topliss-reactive ketones (excluding diaryl/α,β-unsaturated/α-hetero) is 1. The number of thiocarbonyl (C=S) groups is 1. The van der Waals surface area contributed by atoms with Gasteiger partial charge in [-0.15, -0.1) is 0 Å². The number of nitrogens with one attached hydrogen (secondary N) is 2. The zero-order chi connectivity index (χ0) is 21.5. The van der Waals surface area contributed by atoms with Gasteiger partial charge in [0.1, 0.15) is 12.4 Å². The average molecular weight is 424 g/mol. The van der Waals surface area contributed by atoms with Gasteiger partial charge < -0.3 is 20.3 Å². The molecule has 0 saturated heterocycles. The van der Waals surface area contributed by atoms with E-state index in [1.165, 1.54) is 0 Å². The highest BCUT2D eigenvalue weighted by molar-refractivity contribution is 7.80. The van der Waals surface area contributed by atoms with E-state index in [1.54, 1.807) is 6.92 Å². The highest BCUT2D eigenvalue weighted by atomic mass is 32.1. The summed E-state index contributed by atoms with van der Waals surface area (Å²) in [6, 6.07) is 17.4. The van der Waals surface area contributed by atoms with E-state index in [0.717, 1.165) is 42.2 Å². The Kier molecular flexibility index (Phi) is 7.60. The number of ether oxygens (including phenoxy) is 1. The number of hydrogen-bond donors (Lipinski definition) is 2. The van der Waals surface area contributed by atoms with E-state index < -0.39 is 0 Å². The summed E-state index contributed by atoms with van der Waals surface area (Å²) >= 11 is 5.43. The first-order chi connectivity index (χ1) is 14.5. The monoisotopic (exact) mass is 423 g/mol. The van der Waals surface area contributed by atoms with Crippen LogP contribution in [0.4, 0.5) is 0 Å². The van der Waals surface area contributed by atoms with E-state index >= 15 is 0 Å². The Labute approximate surface area is 184 Å². The van der Waals surface area contributed by atoms with Crippen molar-refractivity contribution in [2.75, 3.05) is 26.2 Å². The summed E-state index contributed by atoms with van der Waals surface area (Å²) < 4.78 is 5.89. The van der Waals surface area contributed by atoms with Gasteiger partial charge in [0, 0.05) is 12.1 Å². The first kappa shape index (κ1) is 22.0. The number of ketones is 1. The normalized spacial score (nSPS) is 16.3. The molecule has 6 heteroatoms. The predicted molar refractivity (Wildman–Crippen MR) is 125 cm³/mol. The van der Waals surface area contributed by atoms with Crippen molar-refractivity contribution in [3.05, 3.63) is 71.3 Å². The van der Waals surface area contributed by atoms with Crippen LogP contribution in [-0.2, 0) is 4.79 Å². The fourth-order valence-electron chi connectivity index (χ4n) is 3.62. The van der Waals surface area contributed by atoms with E-state index in [9.17, 15) is 4.79 Å². The van der Waals surface area contributed by atoms with E-state index in [-0.39, 0.29) is 11.8 Å². The number of rotatable bonds is 9. The van der Waals surface area contributed by atoms with Crippen molar-refractivity contribution in [3.63, 3.8) is 0 Å². The van der Waals surface area contributed by atoms with Crippen molar-refractivity contribution >= 4 is 28.8 Å². The summed E-state index contributed by atoms with van der Waals surface area (Å²) in [7, 11) is 0. The molecule has 2 aromatic carbocycles. The smallest absolute Gasteiger partial charge is 0.171 e. The Morgan fingerprint density at radius 2 is 1.73 bits per heavy atom. The molecule has 1 unspecified atom stereocenters. The summed E-state index contributed by atoms with van der Waals surface area (Å²) in [4.78, 5) is 14.9. The number of carbonyl (C=O) groups is 1. The summed E-state index contributed by atoms with van der Waals surface area (Å²) in [6.07, 6.45) is 0. The lowest BCUT2D eigenvalue weighted by molar-refractivity contribution is -0.113. The summed E-state index contributed by atoms with van der Waals surface area (Å²) in [6.45, 7) is 9.48. The fourth-order valence-corrected chi connectivity index (χ4v) is 3.84. The number of carbonyl (C=O) groups excluding carboxylic acids is 1. The van der Waals surface area contributed by atoms with Crippen LogP contribution in [0.3, 0.4) is 0 Å². The zero-order valence-electron chi connectivity index (χ0n) is 17.8. The minimum Gasteiger partial charge on any atom is -0.492 e. The quantitative estimate of drug-likeness (QED) is 0.596. The number of nitrogens with zero attached hydrogens (tertiary/aromatic N) is 1. The van der Waals surface area contributed by atoms with Crippen LogP contribution in [0.25, 0.3) is 5.70 Å². The van der Waals surface area contributed by atoms with Crippen molar-refractivity contribution in [3.8, 4) is 5.75 Å². The topological polar surface area (TPSA) is 53.6 Å². The largest absolute Gasteiger partial charge is 0.492 e. The molecule has 158 valence electrons. The third-order valence-electron chi connectivity index (χ3n) is 5.30. The molecule has 5 nitrogen and oxygen atoms in total. The Morgan fingerprint density at radius 1 is 1.07 bits per heavy atom. The fraction of sp³-hybridized carbons (Fsp3) is 0.333. The second kappa shape index (κ2) is 10.4. The first-order valence-electron chi connectivity index (χ1n) is 10.4. The third-order valence-corrected chi connectivity index (χ3v) is 5.52. The van der Waals surface area contributed by atoms with E-state index in [4.69, 9.17) is 17.0 Å². The van der Waals surface area contributed by atoms with Crippen LogP contribution in [0.1, 0.15) is 37.9 Å². The van der Waals surface area contributed by atoms with E-state index in [2.05, 4.69) is 29.4 Å². The standard InChI is InChI=1S/C24H29N3O2S/c1-4-27(5-2)15-16-29-20-13-11-19(12-14-20)23-21(17(3)28)22(25-24(30)26-23)18-9-7-6-8-10-18/h6-14,23H,4-5,15-16H2,1-3H3,(H2,25,26,30). The van der Waals surface area contributed by atoms with Gasteiger partial charge in [-0.1, -0.05) is 56.3 Å². The van der Waals surface area contributed by atoms with Crippen molar-refractivity contribution < 1.29 is 9.53 Å². The molecule has 0 saturated carbocycles. The molecule has 1 atom stereocenters. The summed E-state index contributed by atoms with van der Waals surface area (Å²) in [5, 5.41) is 6.93. The molecule has 0 aliphatic carbocycles. The predicted octanol–water partition coefficient (Wildman–Crippen LogP) is 3.93. The molecule has 0 aromatic heterocycles. The minimum atomic E-state index is -0.309. The maximum atomic E-state index is 12.6. The zero-order valence-corrected chi connectivity index (χ0v) is 18.6. The Morgan fingerprint density at radius 3 is 2.33 bits per heavy atom. The molecule has 0 fully saturated rings. The van der Waals surface area contributed by atoms with Gasteiger partial charge >= 0.3 is 0 Å². The molecule has 0 amide bonds. The first-order valence-corrected chi connectivity index (χ1v) is 10.8. The lowest BCUT2D eigenvalue weighted by atomic mass is 9.90. The molecule has 0 radical (unpaired) electrons. The van der Waals surface area contributed by atoms with Gasteiger partial charge in [0.2, 0.25) is 0 Å². The van der Waals surface area contributed by atoms with Crippen LogP contribution in [-0.4, -0.2) is 42.0 Å². The van der Waals surface area contributed by atoms with Crippen LogP contribution >= 0.6 is 12.2 Å². The Bertz CT molecular complexity index is 906. The Balaban J connectivity index is 1.83. The van der Waals surface area contributed by atoms with Crippen LogP contribution < -0.4 is 15.4 Å². The third kappa shape index (κ3) is 5.26. The van der Waals surface area contributed by atoms with Crippen LogP contribution in [0.15, 0.2) is 60.2 Å². The highest BCUT2D eigenvalue weighted by Gasteiger charge is 2.30. The van der Waals surface area contributed by atoms with Crippen LogP contribution in [0.2, 0.25) is 0 Å². The van der Waals surface area contributed by atoms with E-state index in [1.807, 2.05) is 54.6 Å². The summed E-state index contributed by atoms with van der Waals surface area (Å²) in [5.41, 5.74) is 3.34. The van der Waals surface area contributed by atoms with Gasteiger partial charge in [0.25, 0.3) is 0 Å². The average Bonchev–Trinajstić information content (AvgIpc) is 2.77. The molecular formula is C24H29N3O2S. The second-order valence-electron chi connectivity index (χ2n) is 7.19. The van der Waals surface area contributed by atoms with Crippen LogP contribution in [0.5, 0.6) is 5.75 Å². The lowest BCUT2D eigenvalue weighted by Crippen LogP contribution is -2.44. The molecule has 1 heterocycles. The van der Waals surface area contributed by atoms with Gasteiger partial charge in [-0.2, -0.15) is 0 Å². The maximum Gasteiger partial charge on any atom is 0.171 e. The minimum absolute atomic E-state index is 0.000835. The molecular weight excluding hydrogens is 394 g/mol.